The van der Waals surface area contributed by atoms with Crippen molar-refractivity contribution in [3.63, 3.8) is 0 Å². The van der Waals surface area contributed by atoms with Gasteiger partial charge in [-0.1, -0.05) is 45.9 Å². The summed E-state index contributed by atoms with van der Waals surface area (Å²) in [5.41, 5.74) is 2.94. The molecule has 8 heteroatoms. The summed E-state index contributed by atoms with van der Waals surface area (Å²) in [7, 11) is -4.11. The van der Waals surface area contributed by atoms with Gasteiger partial charge in [0.25, 0.3) is 10.0 Å². The van der Waals surface area contributed by atoms with E-state index in [4.69, 9.17) is 0 Å². The molecule has 2 amide bonds. The topological polar surface area (TPSA) is 101 Å². The zero-order valence-electron chi connectivity index (χ0n) is 15.6. The van der Waals surface area contributed by atoms with Gasteiger partial charge in [-0.15, -0.1) is 5.10 Å². The average molecular weight is 376 g/mol. The number of carbonyl (C=O) groups is 1. The first kappa shape index (κ1) is 19.8. The standard InChI is InChI=1S/C18H24N4O3S/c1-11(2)14-7-6-8-15(12(3)4)16(14)20-18(23)22-26(24,25)17-13(5)9-10-19-21-17/h6-12H,1-5H3,(H2,20,22,23). The minimum absolute atomic E-state index is 0.169. The van der Waals surface area contributed by atoms with Gasteiger partial charge in [0.2, 0.25) is 5.03 Å². The van der Waals surface area contributed by atoms with Crippen LogP contribution in [0.15, 0.2) is 35.5 Å². The first-order chi connectivity index (χ1) is 12.1. The molecule has 1 aromatic heterocycles. The molecule has 2 aromatic rings. The maximum absolute atomic E-state index is 12.4. The summed E-state index contributed by atoms with van der Waals surface area (Å²) in [6.07, 6.45) is 1.39. The molecule has 0 spiro atoms. The Hall–Kier alpha value is -2.48. The Bertz CT molecular complexity index is 882. The van der Waals surface area contributed by atoms with Crippen molar-refractivity contribution in [2.75, 3.05) is 5.32 Å². The highest BCUT2D eigenvalue weighted by Crippen LogP contribution is 2.32. The monoisotopic (exact) mass is 376 g/mol. The Morgan fingerprint density at radius 3 is 2.12 bits per heavy atom. The summed E-state index contributed by atoms with van der Waals surface area (Å²) in [6, 6.07) is 6.48. The second-order valence-corrected chi connectivity index (χ2v) is 8.30. The van der Waals surface area contributed by atoms with Gasteiger partial charge in [-0.05, 0) is 41.5 Å². The molecule has 0 radical (unpaired) electrons. The number of sulfonamides is 1. The average Bonchev–Trinajstić information content (AvgIpc) is 2.54. The second kappa shape index (κ2) is 7.82. The predicted octanol–water partition coefficient (Wildman–Crippen LogP) is 3.54. The number of benzene rings is 1. The molecule has 2 N–H and O–H groups in total. The number of nitrogens with one attached hydrogen (secondary N) is 2. The highest BCUT2D eigenvalue weighted by Gasteiger charge is 2.23. The Morgan fingerprint density at radius 2 is 1.62 bits per heavy atom. The van der Waals surface area contributed by atoms with E-state index in [2.05, 4.69) is 15.5 Å². The number of hydrogen-bond acceptors (Lipinski definition) is 5. The normalized spacial score (nSPS) is 11.7. The summed E-state index contributed by atoms with van der Waals surface area (Å²) in [6.45, 7) is 9.65. The minimum Gasteiger partial charge on any atom is -0.307 e. The zero-order chi connectivity index (χ0) is 19.5. The number of amides is 2. The molecule has 0 saturated heterocycles. The Balaban J connectivity index is 2.32. The Morgan fingerprint density at radius 1 is 1.04 bits per heavy atom. The number of aryl methyl sites for hydroxylation is 1. The molecule has 0 saturated carbocycles. The van der Waals surface area contributed by atoms with Crippen LogP contribution in [0.4, 0.5) is 10.5 Å². The molecule has 0 unspecified atom stereocenters. The molecule has 0 aliphatic heterocycles. The third kappa shape index (κ3) is 4.37. The van der Waals surface area contributed by atoms with Crippen LogP contribution in [0.5, 0.6) is 0 Å². The lowest BCUT2D eigenvalue weighted by Gasteiger charge is -2.20. The van der Waals surface area contributed by atoms with Crippen molar-refractivity contribution in [2.45, 2.75) is 51.5 Å². The number of carbonyl (C=O) groups excluding carboxylic acids is 1. The van der Waals surface area contributed by atoms with Crippen LogP contribution in [-0.4, -0.2) is 24.6 Å². The lowest BCUT2D eigenvalue weighted by atomic mass is 9.93. The fourth-order valence-electron chi connectivity index (χ4n) is 2.65. The van der Waals surface area contributed by atoms with Crippen molar-refractivity contribution in [1.29, 1.82) is 0 Å². The fraction of sp³-hybridized carbons (Fsp3) is 0.389. The van der Waals surface area contributed by atoms with Crippen LogP contribution < -0.4 is 10.0 Å². The molecule has 140 valence electrons. The lowest BCUT2D eigenvalue weighted by Crippen LogP contribution is -2.36. The molecule has 26 heavy (non-hydrogen) atoms. The number of aromatic nitrogens is 2. The highest BCUT2D eigenvalue weighted by atomic mass is 32.2. The van der Waals surface area contributed by atoms with E-state index in [0.717, 1.165) is 11.1 Å². The number of urea groups is 1. The van der Waals surface area contributed by atoms with Gasteiger partial charge < -0.3 is 5.32 Å². The Labute approximate surface area is 154 Å². The first-order valence-corrected chi connectivity index (χ1v) is 9.86. The van der Waals surface area contributed by atoms with E-state index in [0.29, 0.717) is 11.3 Å². The van der Waals surface area contributed by atoms with Gasteiger partial charge in [-0.3, -0.25) is 0 Å². The van der Waals surface area contributed by atoms with Gasteiger partial charge in [-0.25, -0.2) is 9.52 Å². The van der Waals surface area contributed by atoms with E-state index < -0.39 is 16.1 Å². The van der Waals surface area contributed by atoms with Crippen LogP contribution in [0, 0.1) is 6.92 Å². The van der Waals surface area contributed by atoms with Crippen LogP contribution in [0.2, 0.25) is 0 Å². The molecular formula is C18H24N4O3S. The molecule has 1 aromatic carbocycles. The van der Waals surface area contributed by atoms with Crippen LogP contribution in [0.1, 0.15) is 56.2 Å². The molecule has 2 rings (SSSR count). The molecule has 0 aliphatic rings. The lowest BCUT2D eigenvalue weighted by molar-refractivity contribution is 0.256. The van der Waals surface area contributed by atoms with Gasteiger partial charge in [0.15, 0.2) is 0 Å². The van der Waals surface area contributed by atoms with E-state index in [1.54, 1.807) is 6.92 Å². The van der Waals surface area contributed by atoms with E-state index in [-0.39, 0.29) is 16.9 Å². The minimum atomic E-state index is -4.11. The van der Waals surface area contributed by atoms with E-state index in [1.165, 1.54) is 12.3 Å². The van der Waals surface area contributed by atoms with E-state index >= 15 is 0 Å². The summed E-state index contributed by atoms with van der Waals surface area (Å²) >= 11 is 0. The SMILES string of the molecule is Cc1ccnnc1S(=O)(=O)NC(=O)Nc1c(C(C)C)cccc1C(C)C. The largest absolute Gasteiger partial charge is 0.333 e. The van der Waals surface area contributed by atoms with Crippen molar-refractivity contribution in [3.05, 3.63) is 47.2 Å². The van der Waals surface area contributed by atoms with Crippen molar-refractivity contribution in [1.82, 2.24) is 14.9 Å². The summed E-state index contributed by atoms with van der Waals surface area (Å²) in [4.78, 5) is 12.4. The van der Waals surface area contributed by atoms with Crippen LogP contribution >= 0.6 is 0 Å². The zero-order valence-corrected chi connectivity index (χ0v) is 16.4. The molecule has 1 heterocycles. The summed E-state index contributed by atoms with van der Waals surface area (Å²) in [5, 5.41) is 9.64. The molecule has 0 aliphatic carbocycles. The number of anilines is 1. The van der Waals surface area contributed by atoms with E-state index in [1.807, 2.05) is 50.6 Å². The number of hydrogen-bond donors (Lipinski definition) is 2. The molecular weight excluding hydrogens is 352 g/mol. The number of para-hydroxylation sites is 1. The maximum Gasteiger partial charge on any atom is 0.333 e. The fourth-order valence-corrected chi connectivity index (χ4v) is 3.69. The van der Waals surface area contributed by atoms with Crippen LogP contribution in [0.25, 0.3) is 0 Å². The number of nitrogens with zero attached hydrogens (tertiary/aromatic N) is 2. The Kier molecular flexibility index (Phi) is 5.97. The van der Waals surface area contributed by atoms with Gasteiger partial charge >= 0.3 is 6.03 Å². The molecule has 0 bridgehead atoms. The van der Waals surface area contributed by atoms with Gasteiger partial charge in [-0.2, -0.15) is 13.5 Å². The van der Waals surface area contributed by atoms with Gasteiger partial charge in [0.1, 0.15) is 0 Å². The third-order valence-corrected chi connectivity index (χ3v) is 5.34. The quantitative estimate of drug-likeness (QED) is 0.831. The predicted molar refractivity (Wildman–Crippen MR) is 101 cm³/mol. The number of rotatable bonds is 5. The van der Waals surface area contributed by atoms with Crippen LogP contribution in [0.3, 0.4) is 0 Å². The second-order valence-electron chi connectivity index (χ2n) is 6.70. The summed E-state index contributed by atoms with van der Waals surface area (Å²) in [5.74, 6) is 0.339. The van der Waals surface area contributed by atoms with Crippen molar-refractivity contribution in [3.8, 4) is 0 Å². The van der Waals surface area contributed by atoms with Gasteiger partial charge in [0, 0.05) is 11.9 Å². The molecule has 0 fully saturated rings. The smallest absolute Gasteiger partial charge is 0.307 e. The molecule has 0 atom stereocenters. The van der Waals surface area contributed by atoms with Crippen LogP contribution in [-0.2, 0) is 10.0 Å². The highest BCUT2D eigenvalue weighted by molar-refractivity contribution is 7.90. The van der Waals surface area contributed by atoms with Crippen molar-refractivity contribution < 1.29 is 13.2 Å². The maximum atomic E-state index is 12.4. The van der Waals surface area contributed by atoms with Crippen molar-refractivity contribution in [2.24, 2.45) is 0 Å². The van der Waals surface area contributed by atoms with Crippen molar-refractivity contribution >= 4 is 21.7 Å². The summed E-state index contributed by atoms with van der Waals surface area (Å²) < 4.78 is 26.8. The third-order valence-electron chi connectivity index (χ3n) is 3.97. The molecule has 7 nitrogen and oxygen atoms in total. The van der Waals surface area contributed by atoms with E-state index in [9.17, 15) is 13.2 Å². The first-order valence-electron chi connectivity index (χ1n) is 8.38. The van der Waals surface area contributed by atoms with Gasteiger partial charge in [0.05, 0.1) is 0 Å².